The maximum absolute atomic E-state index is 5.71. The Kier molecular flexibility index (Phi) is 11.8. The van der Waals surface area contributed by atoms with Crippen molar-refractivity contribution in [2.75, 3.05) is 33.4 Å². The van der Waals surface area contributed by atoms with Gasteiger partial charge in [-0.15, -0.1) is 24.0 Å². The molecule has 2 N–H and O–H groups in total. The summed E-state index contributed by atoms with van der Waals surface area (Å²) in [5.74, 6) is 2.98. The van der Waals surface area contributed by atoms with E-state index in [0.29, 0.717) is 32.2 Å². The van der Waals surface area contributed by atoms with Gasteiger partial charge in [-0.25, -0.2) is 9.98 Å². The second kappa shape index (κ2) is 13.9. The summed E-state index contributed by atoms with van der Waals surface area (Å²) in [5, 5.41) is 6.49. The molecule has 0 amide bonds. The lowest BCUT2D eigenvalue weighted by atomic mass is 10.3. The third-order valence-electron chi connectivity index (χ3n) is 3.58. The molecule has 1 aromatic carbocycles. The molecule has 0 spiro atoms. The maximum atomic E-state index is 5.71. The Morgan fingerprint density at radius 3 is 2.46 bits per heavy atom. The van der Waals surface area contributed by atoms with E-state index in [4.69, 9.17) is 14.2 Å². The topological polar surface area (TPSA) is 77.0 Å². The smallest absolute Gasteiger partial charge is 0.213 e. The summed E-state index contributed by atoms with van der Waals surface area (Å²) < 4.78 is 16.3. The van der Waals surface area contributed by atoms with Crippen LogP contribution in [0.5, 0.6) is 17.4 Å². The van der Waals surface area contributed by atoms with E-state index in [1.165, 1.54) is 0 Å². The van der Waals surface area contributed by atoms with Crippen molar-refractivity contribution in [3.05, 3.63) is 48.2 Å². The fourth-order valence-corrected chi connectivity index (χ4v) is 2.30. The van der Waals surface area contributed by atoms with Gasteiger partial charge in [-0.05, 0) is 49.7 Å². The van der Waals surface area contributed by atoms with Crippen LogP contribution in [0.3, 0.4) is 0 Å². The lowest BCUT2D eigenvalue weighted by Crippen LogP contribution is -2.39. The Morgan fingerprint density at radius 1 is 1.04 bits per heavy atom. The van der Waals surface area contributed by atoms with E-state index in [1.54, 1.807) is 13.3 Å². The summed E-state index contributed by atoms with van der Waals surface area (Å²) >= 11 is 0. The van der Waals surface area contributed by atoms with Crippen molar-refractivity contribution < 1.29 is 14.2 Å². The van der Waals surface area contributed by atoms with Crippen molar-refractivity contribution in [2.24, 2.45) is 4.99 Å². The van der Waals surface area contributed by atoms with Gasteiger partial charge in [0.25, 0.3) is 0 Å². The fourth-order valence-electron chi connectivity index (χ4n) is 2.30. The molecule has 0 unspecified atom stereocenters. The molecule has 0 aliphatic rings. The van der Waals surface area contributed by atoms with Crippen molar-refractivity contribution in [1.29, 1.82) is 0 Å². The minimum Gasteiger partial charge on any atom is -0.497 e. The van der Waals surface area contributed by atoms with Crippen molar-refractivity contribution in [3.8, 4) is 17.4 Å². The van der Waals surface area contributed by atoms with Gasteiger partial charge in [-0.2, -0.15) is 0 Å². The van der Waals surface area contributed by atoms with Gasteiger partial charge in [0.05, 0.1) is 26.8 Å². The van der Waals surface area contributed by atoms with Gasteiger partial charge in [0.2, 0.25) is 5.88 Å². The molecule has 0 atom stereocenters. The third kappa shape index (κ3) is 8.64. The fraction of sp³-hybridized carbons (Fsp3) is 0.400. The molecule has 1 heterocycles. The van der Waals surface area contributed by atoms with Crippen LogP contribution in [0.25, 0.3) is 0 Å². The summed E-state index contributed by atoms with van der Waals surface area (Å²) in [7, 11) is 1.64. The van der Waals surface area contributed by atoms with E-state index in [2.05, 4.69) is 20.6 Å². The van der Waals surface area contributed by atoms with Crippen molar-refractivity contribution >= 4 is 29.9 Å². The number of hydrogen-bond acceptors (Lipinski definition) is 5. The summed E-state index contributed by atoms with van der Waals surface area (Å²) in [6, 6.07) is 11.4. The average Bonchev–Trinajstić information content (AvgIpc) is 2.70. The third-order valence-corrected chi connectivity index (χ3v) is 3.58. The van der Waals surface area contributed by atoms with Crippen molar-refractivity contribution in [3.63, 3.8) is 0 Å². The Hall–Kier alpha value is -2.23. The number of guanidine groups is 1. The first-order chi connectivity index (χ1) is 13.2. The molecule has 8 heteroatoms. The van der Waals surface area contributed by atoms with Crippen LogP contribution < -0.4 is 24.8 Å². The molecule has 0 fully saturated rings. The average molecular weight is 500 g/mol. The highest BCUT2D eigenvalue weighted by molar-refractivity contribution is 14.0. The first kappa shape index (κ1) is 23.8. The predicted molar refractivity (Wildman–Crippen MR) is 122 cm³/mol. The van der Waals surface area contributed by atoms with Crippen LogP contribution in [0.4, 0.5) is 0 Å². The number of nitrogens with zero attached hydrogens (tertiary/aromatic N) is 2. The van der Waals surface area contributed by atoms with E-state index in [0.717, 1.165) is 29.6 Å². The van der Waals surface area contributed by atoms with Gasteiger partial charge in [0.15, 0.2) is 5.96 Å². The predicted octanol–water partition coefficient (Wildman–Crippen LogP) is 3.24. The van der Waals surface area contributed by atoms with Gasteiger partial charge in [-0.1, -0.05) is 0 Å². The SMILES string of the molecule is CCNC(=NCc1ccnc(OCC)c1)NCCOc1ccc(OC)cc1.I. The molecule has 0 aliphatic carbocycles. The van der Waals surface area contributed by atoms with Crippen LogP contribution >= 0.6 is 24.0 Å². The number of aromatic nitrogens is 1. The molecule has 1 aromatic heterocycles. The van der Waals surface area contributed by atoms with Crippen LogP contribution in [0.15, 0.2) is 47.6 Å². The molecule has 2 aromatic rings. The molecule has 0 radical (unpaired) electrons. The zero-order valence-electron chi connectivity index (χ0n) is 16.6. The number of aliphatic imine (C=N–C) groups is 1. The van der Waals surface area contributed by atoms with Crippen LogP contribution in [0, 0.1) is 0 Å². The number of nitrogens with one attached hydrogen (secondary N) is 2. The van der Waals surface area contributed by atoms with E-state index >= 15 is 0 Å². The highest BCUT2D eigenvalue weighted by Crippen LogP contribution is 2.16. The molecule has 2 rings (SSSR count). The van der Waals surface area contributed by atoms with Crippen LogP contribution in [-0.2, 0) is 6.54 Å². The minimum atomic E-state index is 0. The second-order valence-corrected chi connectivity index (χ2v) is 5.58. The normalized spacial score (nSPS) is 10.6. The summed E-state index contributed by atoms with van der Waals surface area (Å²) in [5.41, 5.74) is 1.04. The van der Waals surface area contributed by atoms with Crippen LogP contribution in [0.1, 0.15) is 19.4 Å². The Labute approximate surface area is 183 Å². The maximum Gasteiger partial charge on any atom is 0.213 e. The zero-order chi connectivity index (χ0) is 19.3. The molecule has 154 valence electrons. The van der Waals surface area contributed by atoms with Crippen LogP contribution in [0.2, 0.25) is 0 Å². The summed E-state index contributed by atoms with van der Waals surface area (Å²) in [4.78, 5) is 8.76. The van der Waals surface area contributed by atoms with E-state index in [9.17, 15) is 0 Å². The first-order valence-electron chi connectivity index (χ1n) is 9.12. The van der Waals surface area contributed by atoms with E-state index < -0.39 is 0 Å². The van der Waals surface area contributed by atoms with Gasteiger partial charge in [0.1, 0.15) is 18.1 Å². The number of rotatable bonds is 10. The summed E-state index contributed by atoms with van der Waals surface area (Å²) in [6.45, 7) is 7.05. The number of pyridine rings is 1. The van der Waals surface area contributed by atoms with Gasteiger partial charge in [0, 0.05) is 18.8 Å². The highest BCUT2D eigenvalue weighted by atomic mass is 127. The van der Waals surface area contributed by atoms with Crippen molar-refractivity contribution in [1.82, 2.24) is 15.6 Å². The van der Waals surface area contributed by atoms with Crippen molar-refractivity contribution in [2.45, 2.75) is 20.4 Å². The molecule has 0 saturated heterocycles. The molecule has 0 bridgehead atoms. The Morgan fingerprint density at radius 2 is 1.79 bits per heavy atom. The van der Waals surface area contributed by atoms with Gasteiger partial charge < -0.3 is 24.8 Å². The lowest BCUT2D eigenvalue weighted by Gasteiger charge is -2.12. The minimum absolute atomic E-state index is 0. The molecule has 0 aliphatic heterocycles. The number of methoxy groups -OCH3 is 1. The van der Waals surface area contributed by atoms with Gasteiger partial charge >= 0.3 is 0 Å². The van der Waals surface area contributed by atoms with E-state index in [1.807, 2.05) is 50.2 Å². The number of benzene rings is 1. The number of halogens is 1. The second-order valence-electron chi connectivity index (χ2n) is 5.58. The zero-order valence-corrected chi connectivity index (χ0v) is 18.9. The molecule has 0 saturated carbocycles. The first-order valence-corrected chi connectivity index (χ1v) is 9.12. The lowest BCUT2D eigenvalue weighted by molar-refractivity contribution is 0.321. The molecular formula is C20H29IN4O3. The van der Waals surface area contributed by atoms with Gasteiger partial charge in [-0.3, -0.25) is 0 Å². The quantitative estimate of drug-likeness (QED) is 0.226. The van der Waals surface area contributed by atoms with Crippen LogP contribution in [-0.4, -0.2) is 44.4 Å². The largest absolute Gasteiger partial charge is 0.497 e. The van der Waals surface area contributed by atoms with E-state index in [-0.39, 0.29) is 24.0 Å². The number of hydrogen-bond donors (Lipinski definition) is 2. The molecule has 7 nitrogen and oxygen atoms in total. The highest BCUT2D eigenvalue weighted by Gasteiger charge is 2.01. The monoisotopic (exact) mass is 500 g/mol. The molecular weight excluding hydrogens is 471 g/mol. The number of ether oxygens (including phenoxy) is 3. The molecule has 28 heavy (non-hydrogen) atoms. The Bertz CT molecular complexity index is 711. The Balaban J connectivity index is 0.00000392. The summed E-state index contributed by atoms with van der Waals surface area (Å²) in [6.07, 6.45) is 1.74. The standard InChI is InChI=1S/C20H28N4O3.HI/c1-4-21-20(24-15-16-10-11-22-19(14-16)26-5-2)23-12-13-27-18-8-6-17(25-3)7-9-18;/h6-11,14H,4-5,12-13,15H2,1-3H3,(H2,21,23,24);1H.